The third-order valence-electron chi connectivity index (χ3n) is 5.95. The number of rotatable bonds is 4. The summed E-state index contributed by atoms with van der Waals surface area (Å²) < 4.78 is 11.8. The summed E-state index contributed by atoms with van der Waals surface area (Å²) in [5.74, 6) is 1.20. The second-order valence-electron chi connectivity index (χ2n) is 7.73. The molecule has 0 bridgehead atoms. The number of fused-ring (bicyclic) bond motifs is 3. The Hall–Kier alpha value is -4.07. The molecule has 3 heterocycles. The maximum Gasteiger partial charge on any atom is 0.332 e. The fourth-order valence-electron chi connectivity index (χ4n) is 4.14. The summed E-state index contributed by atoms with van der Waals surface area (Å²) in [4.78, 5) is 30.2. The maximum atomic E-state index is 13.0. The number of hydrogen-bond donors (Lipinski definition) is 0. The molecule has 0 aliphatic heterocycles. The van der Waals surface area contributed by atoms with Crippen LogP contribution in [0.5, 0.6) is 5.75 Å². The largest absolute Gasteiger partial charge is 0.495 e. The van der Waals surface area contributed by atoms with Gasteiger partial charge in [0.15, 0.2) is 11.2 Å². The lowest BCUT2D eigenvalue weighted by Gasteiger charge is -2.13. The average Bonchev–Trinajstić information content (AvgIpc) is 3.37. The van der Waals surface area contributed by atoms with E-state index < -0.39 is 5.69 Å². The van der Waals surface area contributed by atoms with Gasteiger partial charge in [0.25, 0.3) is 5.56 Å². The fraction of sp³-hybridized carbons (Fsp3) is 0.208. The molecule has 0 fully saturated rings. The van der Waals surface area contributed by atoms with E-state index in [9.17, 15) is 9.59 Å². The van der Waals surface area contributed by atoms with Gasteiger partial charge < -0.3 is 4.74 Å². The van der Waals surface area contributed by atoms with Crippen molar-refractivity contribution in [1.82, 2.24) is 23.1 Å². The number of aryl methyl sites for hydroxylation is 2. The van der Waals surface area contributed by atoms with Crippen molar-refractivity contribution in [3.63, 3.8) is 0 Å². The summed E-state index contributed by atoms with van der Waals surface area (Å²) in [5.41, 5.74) is 3.75. The van der Waals surface area contributed by atoms with Gasteiger partial charge in [-0.3, -0.25) is 22.9 Å². The quantitative estimate of drug-likeness (QED) is 0.440. The lowest BCUT2D eigenvalue weighted by molar-refractivity contribution is 0.413. The minimum Gasteiger partial charge on any atom is -0.495 e. The SMILES string of the molecule is CCc1ccc(-c2cn3c4c(=O)n(C)c(=O)n(C)c4nc3n2-c2ccccc2OC)cc1. The van der Waals surface area contributed by atoms with Crippen LogP contribution in [0.25, 0.3) is 33.9 Å². The second kappa shape index (κ2) is 7.26. The van der Waals surface area contributed by atoms with Crippen LogP contribution in [0.15, 0.2) is 64.3 Å². The van der Waals surface area contributed by atoms with Crippen LogP contribution in [0.1, 0.15) is 12.5 Å². The molecule has 0 N–H and O–H groups in total. The average molecular weight is 429 g/mol. The van der Waals surface area contributed by atoms with Crippen LogP contribution in [0.4, 0.5) is 0 Å². The molecule has 0 aliphatic carbocycles. The van der Waals surface area contributed by atoms with E-state index in [-0.39, 0.29) is 5.56 Å². The van der Waals surface area contributed by atoms with Gasteiger partial charge in [0.1, 0.15) is 5.75 Å². The van der Waals surface area contributed by atoms with E-state index in [1.54, 1.807) is 18.6 Å². The van der Waals surface area contributed by atoms with Crippen LogP contribution in [0.3, 0.4) is 0 Å². The lowest BCUT2D eigenvalue weighted by Crippen LogP contribution is -2.37. The number of methoxy groups -OCH3 is 1. The predicted octanol–water partition coefficient (Wildman–Crippen LogP) is 2.91. The molecule has 0 amide bonds. The summed E-state index contributed by atoms with van der Waals surface area (Å²) in [6.45, 7) is 2.12. The number of aromatic nitrogens is 5. The zero-order chi connectivity index (χ0) is 22.6. The fourth-order valence-corrected chi connectivity index (χ4v) is 4.14. The van der Waals surface area contributed by atoms with Gasteiger partial charge >= 0.3 is 5.69 Å². The van der Waals surface area contributed by atoms with Gasteiger partial charge in [-0.1, -0.05) is 43.3 Å². The Morgan fingerprint density at radius 2 is 1.69 bits per heavy atom. The van der Waals surface area contributed by atoms with Crippen LogP contribution in [0, 0.1) is 0 Å². The Kier molecular flexibility index (Phi) is 4.51. The Labute approximate surface area is 183 Å². The molecular formula is C24H23N5O3. The van der Waals surface area contributed by atoms with Crippen LogP contribution < -0.4 is 16.0 Å². The first-order valence-electron chi connectivity index (χ1n) is 10.4. The normalized spacial score (nSPS) is 11.5. The molecule has 0 saturated carbocycles. The van der Waals surface area contributed by atoms with Crippen molar-refractivity contribution in [1.29, 1.82) is 0 Å². The van der Waals surface area contributed by atoms with Crippen molar-refractivity contribution in [3.8, 4) is 22.7 Å². The van der Waals surface area contributed by atoms with Gasteiger partial charge in [0, 0.05) is 25.9 Å². The molecule has 32 heavy (non-hydrogen) atoms. The summed E-state index contributed by atoms with van der Waals surface area (Å²) in [6.07, 6.45) is 2.84. The summed E-state index contributed by atoms with van der Waals surface area (Å²) in [5, 5.41) is 0. The molecule has 0 spiro atoms. The molecule has 0 aliphatic rings. The predicted molar refractivity (Wildman–Crippen MR) is 124 cm³/mol. The number of benzene rings is 2. The number of nitrogens with zero attached hydrogens (tertiary/aromatic N) is 5. The van der Waals surface area contributed by atoms with Crippen LogP contribution in [-0.2, 0) is 20.5 Å². The molecule has 8 heteroatoms. The smallest absolute Gasteiger partial charge is 0.332 e. The van der Waals surface area contributed by atoms with Crippen molar-refractivity contribution in [2.24, 2.45) is 14.1 Å². The summed E-state index contributed by atoms with van der Waals surface area (Å²) in [7, 11) is 4.72. The number of ether oxygens (including phenoxy) is 1. The molecule has 5 aromatic rings. The molecule has 0 unspecified atom stereocenters. The molecular weight excluding hydrogens is 406 g/mol. The van der Waals surface area contributed by atoms with Crippen molar-refractivity contribution in [3.05, 3.63) is 81.1 Å². The van der Waals surface area contributed by atoms with E-state index in [2.05, 4.69) is 31.2 Å². The first-order valence-corrected chi connectivity index (χ1v) is 10.4. The molecule has 0 saturated heterocycles. The molecule has 0 atom stereocenters. The molecule has 0 radical (unpaired) electrons. The number of imidazole rings is 2. The highest BCUT2D eigenvalue weighted by Gasteiger charge is 2.23. The molecule has 5 rings (SSSR count). The highest BCUT2D eigenvalue weighted by Crippen LogP contribution is 2.33. The topological polar surface area (TPSA) is 75.5 Å². The minimum atomic E-state index is -0.414. The molecule has 3 aromatic heterocycles. The first kappa shape index (κ1) is 19.9. The number of para-hydroxylation sites is 2. The van der Waals surface area contributed by atoms with E-state index in [0.29, 0.717) is 22.7 Å². The van der Waals surface area contributed by atoms with Gasteiger partial charge in [0.05, 0.1) is 18.5 Å². The Morgan fingerprint density at radius 1 is 0.969 bits per heavy atom. The lowest BCUT2D eigenvalue weighted by atomic mass is 10.1. The summed E-state index contributed by atoms with van der Waals surface area (Å²) in [6, 6.07) is 16.0. The van der Waals surface area contributed by atoms with E-state index >= 15 is 0 Å². The Bertz CT molecular complexity index is 1600. The van der Waals surface area contributed by atoms with Gasteiger partial charge in [-0.25, -0.2) is 4.79 Å². The van der Waals surface area contributed by atoms with Crippen molar-refractivity contribution < 1.29 is 4.74 Å². The minimum absolute atomic E-state index is 0.338. The Morgan fingerprint density at radius 3 is 2.38 bits per heavy atom. The van der Waals surface area contributed by atoms with Crippen LogP contribution >= 0.6 is 0 Å². The van der Waals surface area contributed by atoms with Crippen LogP contribution in [-0.4, -0.2) is 30.2 Å². The highest BCUT2D eigenvalue weighted by molar-refractivity contribution is 5.80. The molecule has 2 aromatic carbocycles. The third kappa shape index (κ3) is 2.72. The zero-order valence-electron chi connectivity index (χ0n) is 18.4. The summed E-state index contributed by atoms with van der Waals surface area (Å²) >= 11 is 0. The van der Waals surface area contributed by atoms with E-state index in [0.717, 1.165) is 27.9 Å². The van der Waals surface area contributed by atoms with E-state index in [4.69, 9.17) is 9.72 Å². The van der Waals surface area contributed by atoms with Gasteiger partial charge in [-0.2, -0.15) is 4.98 Å². The van der Waals surface area contributed by atoms with Crippen molar-refractivity contribution in [2.45, 2.75) is 13.3 Å². The second-order valence-corrected chi connectivity index (χ2v) is 7.73. The zero-order valence-corrected chi connectivity index (χ0v) is 18.4. The molecule has 162 valence electrons. The third-order valence-corrected chi connectivity index (χ3v) is 5.95. The molecule has 8 nitrogen and oxygen atoms in total. The standard InChI is InChI=1S/C24H23N5O3/c1-5-15-10-12-16(13-11-15)18-14-28-20-21(26(2)24(31)27(3)22(20)30)25-23(28)29(18)17-8-6-7-9-19(17)32-4/h6-14H,5H2,1-4H3. The van der Waals surface area contributed by atoms with Gasteiger partial charge in [0.2, 0.25) is 5.78 Å². The van der Waals surface area contributed by atoms with Gasteiger partial charge in [-0.15, -0.1) is 0 Å². The monoisotopic (exact) mass is 429 g/mol. The maximum absolute atomic E-state index is 13.0. The van der Waals surface area contributed by atoms with E-state index in [1.165, 1.54) is 17.2 Å². The van der Waals surface area contributed by atoms with Crippen molar-refractivity contribution in [2.75, 3.05) is 7.11 Å². The van der Waals surface area contributed by atoms with Crippen molar-refractivity contribution >= 4 is 16.9 Å². The van der Waals surface area contributed by atoms with Crippen LogP contribution in [0.2, 0.25) is 0 Å². The number of hydrogen-bond acceptors (Lipinski definition) is 4. The van der Waals surface area contributed by atoms with Gasteiger partial charge in [-0.05, 0) is 24.1 Å². The Balaban J connectivity index is 1.95. The van der Waals surface area contributed by atoms with E-state index in [1.807, 2.05) is 35.0 Å². The first-order chi connectivity index (χ1) is 15.5. The highest BCUT2D eigenvalue weighted by atomic mass is 16.5.